The highest BCUT2D eigenvalue weighted by Crippen LogP contribution is 2.26. The van der Waals surface area contributed by atoms with Crippen LogP contribution in [0.2, 0.25) is 0 Å². The average Bonchev–Trinajstić information content (AvgIpc) is 2.16. The molecule has 0 unspecified atom stereocenters. The van der Waals surface area contributed by atoms with Crippen LogP contribution in [0.3, 0.4) is 0 Å². The standard InChI is InChI=1S/C11H17NO2/c1-9(2)14-11-7-5-4-6-10(11)13-8-12-3/h4-7,9,12H,8H2,1-3H3. The molecular formula is C11H17NO2. The zero-order valence-corrected chi connectivity index (χ0v) is 8.91. The van der Waals surface area contributed by atoms with Gasteiger partial charge >= 0.3 is 0 Å². The third-order valence-electron chi connectivity index (χ3n) is 1.58. The normalized spacial score (nSPS) is 10.3. The molecule has 1 rings (SSSR count). The van der Waals surface area contributed by atoms with E-state index in [2.05, 4.69) is 5.32 Å². The summed E-state index contributed by atoms with van der Waals surface area (Å²) in [4.78, 5) is 0. The van der Waals surface area contributed by atoms with Crippen molar-refractivity contribution in [1.29, 1.82) is 0 Å². The highest BCUT2D eigenvalue weighted by Gasteiger charge is 2.04. The van der Waals surface area contributed by atoms with Crippen molar-refractivity contribution in [2.45, 2.75) is 20.0 Å². The minimum Gasteiger partial charge on any atom is -0.487 e. The van der Waals surface area contributed by atoms with Crippen molar-refractivity contribution < 1.29 is 9.47 Å². The molecule has 3 heteroatoms. The van der Waals surface area contributed by atoms with Crippen molar-refractivity contribution in [1.82, 2.24) is 5.32 Å². The molecule has 1 aromatic carbocycles. The van der Waals surface area contributed by atoms with Crippen LogP contribution in [0.5, 0.6) is 11.5 Å². The fraction of sp³-hybridized carbons (Fsp3) is 0.455. The molecule has 0 aromatic heterocycles. The van der Waals surface area contributed by atoms with Gasteiger partial charge in [0.25, 0.3) is 0 Å². The molecule has 0 heterocycles. The largest absolute Gasteiger partial charge is 0.487 e. The van der Waals surface area contributed by atoms with Crippen LogP contribution in [0.25, 0.3) is 0 Å². The molecule has 0 amide bonds. The van der Waals surface area contributed by atoms with Gasteiger partial charge in [0.05, 0.1) is 6.10 Å². The molecule has 0 saturated carbocycles. The van der Waals surface area contributed by atoms with Gasteiger partial charge in [-0.05, 0) is 33.0 Å². The molecule has 3 nitrogen and oxygen atoms in total. The van der Waals surface area contributed by atoms with E-state index in [-0.39, 0.29) is 6.10 Å². The quantitative estimate of drug-likeness (QED) is 0.729. The smallest absolute Gasteiger partial charge is 0.163 e. The highest BCUT2D eigenvalue weighted by atomic mass is 16.5. The van der Waals surface area contributed by atoms with Crippen molar-refractivity contribution in [3.8, 4) is 11.5 Å². The topological polar surface area (TPSA) is 30.5 Å². The Morgan fingerprint density at radius 1 is 1.21 bits per heavy atom. The Morgan fingerprint density at radius 3 is 2.43 bits per heavy atom. The molecule has 0 aliphatic rings. The lowest BCUT2D eigenvalue weighted by Gasteiger charge is -2.14. The van der Waals surface area contributed by atoms with E-state index < -0.39 is 0 Å². The summed E-state index contributed by atoms with van der Waals surface area (Å²) < 4.78 is 11.0. The summed E-state index contributed by atoms with van der Waals surface area (Å²) in [6, 6.07) is 7.67. The maximum atomic E-state index is 5.59. The molecule has 0 radical (unpaired) electrons. The van der Waals surface area contributed by atoms with E-state index in [4.69, 9.17) is 9.47 Å². The van der Waals surface area contributed by atoms with Crippen molar-refractivity contribution >= 4 is 0 Å². The molecule has 0 aliphatic carbocycles. The fourth-order valence-corrected chi connectivity index (χ4v) is 1.07. The number of ether oxygens (including phenoxy) is 2. The first kappa shape index (κ1) is 10.9. The van der Waals surface area contributed by atoms with Crippen molar-refractivity contribution in [3.63, 3.8) is 0 Å². The lowest BCUT2D eigenvalue weighted by molar-refractivity contribution is 0.217. The molecule has 0 aliphatic heterocycles. The molecule has 1 N–H and O–H groups in total. The summed E-state index contributed by atoms with van der Waals surface area (Å²) in [5.41, 5.74) is 0. The van der Waals surface area contributed by atoms with Crippen molar-refractivity contribution in [2.24, 2.45) is 0 Å². The first-order chi connectivity index (χ1) is 6.74. The monoisotopic (exact) mass is 195 g/mol. The summed E-state index contributed by atoms with van der Waals surface area (Å²) in [6.45, 7) is 4.47. The van der Waals surface area contributed by atoms with Crippen LogP contribution in [0.1, 0.15) is 13.8 Å². The van der Waals surface area contributed by atoms with E-state index >= 15 is 0 Å². The number of nitrogens with one attached hydrogen (secondary N) is 1. The predicted octanol–water partition coefficient (Wildman–Crippen LogP) is 2.03. The van der Waals surface area contributed by atoms with Gasteiger partial charge in [0.1, 0.15) is 6.73 Å². The average molecular weight is 195 g/mol. The summed E-state index contributed by atoms with van der Waals surface area (Å²) >= 11 is 0. The number of para-hydroxylation sites is 2. The summed E-state index contributed by atoms with van der Waals surface area (Å²) in [5, 5.41) is 2.92. The molecule has 1 aromatic rings. The van der Waals surface area contributed by atoms with Crippen LogP contribution in [0.15, 0.2) is 24.3 Å². The van der Waals surface area contributed by atoms with Gasteiger partial charge in [-0.25, -0.2) is 0 Å². The van der Waals surface area contributed by atoms with Crippen LogP contribution >= 0.6 is 0 Å². The van der Waals surface area contributed by atoms with Gasteiger partial charge < -0.3 is 9.47 Å². The number of hydrogen-bond acceptors (Lipinski definition) is 3. The maximum absolute atomic E-state index is 5.59. The van der Waals surface area contributed by atoms with E-state index in [1.807, 2.05) is 45.2 Å². The van der Waals surface area contributed by atoms with Gasteiger partial charge in [0.2, 0.25) is 0 Å². The number of rotatable bonds is 5. The Hall–Kier alpha value is -1.22. The van der Waals surface area contributed by atoms with Crippen LogP contribution in [0, 0.1) is 0 Å². The van der Waals surface area contributed by atoms with Gasteiger partial charge in [-0.2, -0.15) is 0 Å². The minimum atomic E-state index is 0.161. The van der Waals surface area contributed by atoms with Crippen molar-refractivity contribution in [2.75, 3.05) is 13.8 Å². The van der Waals surface area contributed by atoms with Gasteiger partial charge in [0, 0.05) is 0 Å². The summed E-state index contributed by atoms with van der Waals surface area (Å²) in [6.07, 6.45) is 0.161. The molecule has 0 bridgehead atoms. The van der Waals surface area contributed by atoms with Crippen LogP contribution in [-0.4, -0.2) is 19.9 Å². The minimum absolute atomic E-state index is 0.161. The number of hydrogen-bond donors (Lipinski definition) is 1. The second-order valence-electron chi connectivity index (χ2n) is 3.26. The predicted molar refractivity (Wildman–Crippen MR) is 56.8 cm³/mol. The van der Waals surface area contributed by atoms with E-state index in [1.54, 1.807) is 0 Å². The SMILES string of the molecule is CNCOc1ccccc1OC(C)C. The highest BCUT2D eigenvalue weighted by molar-refractivity contribution is 5.39. The molecule has 0 fully saturated rings. The first-order valence-corrected chi connectivity index (χ1v) is 4.77. The zero-order valence-electron chi connectivity index (χ0n) is 8.91. The van der Waals surface area contributed by atoms with E-state index in [0.29, 0.717) is 6.73 Å². The van der Waals surface area contributed by atoms with E-state index in [9.17, 15) is 0 Å². The Bertz CT molecular complexity index is 274. The van der Waals surface area contributed by atoms with Crippen LogP contribution < -0.4 is 14.8 Å². The Kier molecular flexibility index (Phi) is 4.26. The zero-order chi connectivity index (χ0) is 10.4. The molecule has 0 saturated heterocycles. The Morgan fingerprint density at radius 2 is 1.86 bits per heavy atom. The van der Waals surface area contributed by atoms with Gasteiger partial charge in [-0.3, -0.25) is 5.32 Å². The molecule has 14 heavy (non-hydrogen) atoms. The van der Waals surface area contributed by atoms with E-state index in [1.165, 1.54) is 0 Å². The van der Waals surface area contributed by atoms with Crippen molar-refractivity contribution in [3.05, 3.63) is 24.3 Å². The third kappa shape index (κ3) is 3.26. The first-order valence-electron chi connectivity index (χ1n) is 4.77. The third-order valence-corrected chi connectivity index (χ3v) is 1.58. The van der Waals surface area contributed by atoms with E-state index in [0.717, 1.165) is 11.5 Å². The molecule has 0 spiro atoms. The van der Waals surface area contributed by atoms with Gasteiger partial charge in [0.15, 0.2) is 11.5 Å². The lowest BCUT2D eigenvalue weighted by Crippen LogP contribution is -2.15. The molecule has 0 atom stereocenters. The maximum Gasteiger partial charge on any atom is 0.163 e. The van der Waals surface area contributed by atoms with Gasteiger partial charge in [-0.1, -0.05) is 12.1 Å². The Balaban J connectivity index is 2.69. The summed E-state index contributed by atoms with van der Waals surface area (Å²) in [7, 11) is 1.84. The molecule has 78 valence electrons. The van der Waals surface area contributed by atoms with Gasteiger partial charge in [-0.15, -0.1) is 0 Å². The number of benzene rings is 1. The second kappa shape index (κ2) is 5.50. The van der Waals surface area contributed by atoms with Crippen LogP contribution in [0.4, 0.5) is 0 Å². The second-order valence-corrected chi connectivity index (χ2v) is 3.26. The summed E-state index contributed by atoms with van der Waals surface area (Å²) in [5.74, 6) is 1.56. The Labute approximate surface area is 85.0 Å². The fourth-order valence-electron chi connectivity index (χ4n) is 1.07. The lowest BCUT2D eigenvalue weighted by atomic mass is 10.3. The van der Waals surface area contributed by atoms with Crippen LogP contribution in [-0.2, 0) is 0 Å². The molecular weight excluding hydrogens is 178 g/mol.